The van der Waals surface area contributed by atoms with E-state index in [9.17, 15) is 15.0 Å². The van der Waals surface area contributed by atoms with Crippen LogP contribution in [0.15, 0.2) is 30.9 Å². The van der Waals surface area contributed by atoms with Crippen LogP contribution in [0, 0.1) is 0 Å². The highest BCUT2D eigenvalue weighted by Crippen LogP contribution is 2.33. The van der Waals surface area contributed by atoms with E-state index in [-0.39, 0.29) is 19.2 Å². The monoisotopic (exact) mass is 414 g/mol. The SMILES string of the molecule is Nc1ncnc2c1ncn2[C@@H]1O[C@H](C(=O)NCc2ccc3c(c2)OCO3)[C@@H](O)[C@H]1O. The predicted molar refractivity (Wildman–Crippen MR) is 100 cm³/mol. The van der Waals surface area contributed by atoms with E-state index in [0.29, 0.717) is 22.7 Å². The standard InChI is InChI=1S/C18H18N6O6/c19-15-11-16(22-5-21-15)24(6-23-11)18-13(26)12(25)14(30-18)17(27)20-4-8-1-2-9-10(3-8)29-7-28-9/h1-3,5-6,12-14,18,25-26H,4,7H2,(H,20,27)(H2,19,21,22)/t12-,13+,14-,18+/m0/s1. The van der Waals surface area contributed by atoms with E-state index in [4.69, 9.17) is 19.9 Å². The second-order valence-corrected chi connectivity index (χ2v) is 6.92. The molecule has 1 fully saturated rings. The highest BCUT2D eigenvalue weighted by molar-refractivity contribution is 5.82. The average Bonchev–Trinajstić information content (AvgIpc) is 3.45. The third-order valence-corrected chi connectivity index (χ3v) is 5.06. The number of ether oxygens (including phenoxy) is 3. The Morgan fingerprint density at radius 1 is 1.20 bits per heavy atom. The lowest BCUT2D eigenvalue weighted by atomic mass is 10.1. The molecule has 0 spiro atoms. The molecule has 12 heteroatoms. The Hall–Kier alpha value is -3.48. The van der Waals surface area contributed by atoms with Crippen molar-refractivity contribution in [1.29, 1.82) is 0 Å². The third-order valence-electron chi connectivity index (χ3n) is 5.06. The van der Waals surface area contributed by atoms with Gasteiger partial charge in [-0.3, -0.25) is 9.36 Å². The van der Waals surface area contributed by atoms with Gasteiger partial charge in [-0.05, 0) is 17.7 Å². The number of nitrogens with two attached hydrogens (primary N) is 1. The number of carbonyl (C=O) groups is 1. The normalized spacial score (nSPS) is 25.0. The van der Waals surface area contributed by atoms with Crippen molar-refractivity contribution in [3.63, 3.8) is 0 Å². The number of aliphatic hydroxyl groups excluding tert-OH is 2. The Morgan fingerprint density at radius 3 is 2.90 bits per heavy atom. The first kappa shape index (κ1) is 18.5. The van der Waals surface area contributed by atoms with Gasteiger partial charge in [0.25, 0.3) is 5.91 Å². The van der Waals surface area contributed by atoms with Gasteiger partial charge in [0.1, 0.15) is 24.1 Å². The number of carbonyl (C=O) groups excluding carboxylic acids is 1. The fraction of sp³-hybridized carbons (Fsp3) is 0.333. The zero-order chi connectivity index (χ0) is 20.8. The molecular formula is C18H18N6O6. The van der Waals surface area contributed by atoms with Gasteiger partial charge in [-0.15, -0.1) is 0 Å². The number of fused-ring (bicyclic) bond motifs is 2. The van der Waals surface area contributed by atoms with E-state index >= 15 is 0 Å². The van der Waals surface area contributed by atoms with Crippen LogP contribution in [-0.2, 0) is 16.1 Å². The van der Waals surface area contributed by atoms with Crippen molar-refractivity contribution >= 4 is 22.9 Å². The van der Waals surface area contributed by atoms with Gasteiger partial charge in [0.2, 0.25) is 6.79 Å². The van der Waals surface area contributed by atoms with Crippen molar-refractivity contribution in [2.24, 2.45) is 0 Å². The minimum atomic E-state index is -1.44. The molecule has 1 aromatic carbocycles. The van der Waals surface area contributed by atoms with Crippen LogP contribution in [0.4, 0.5) is 5.82 Å². The lowest BCUT2D eigenvalue weighted by Gasteiger charge is -2.16. The van der Waals surface area contributed by atoms with Gasteiger partial charge in [0.05, 0.1) is 6.33 Å². The van der Waals surface area contributed by atoms with Gasteiger partial charge in [0, 0.05) is 6.54 Å². The van der Waals surface area contributed by atoms with Gasteiger partial charge in [0.15, 0.2) is 35.3 Å². The number of anilines is 1. The molecule has 4 heterocycles. The Kier molecular flexibility index (Phi) is 4.38. The molecule has 2 aromatic heterocycles. The largest absolute Gasteiger partial charge is 0.454 e. The van der Waals surface area contributed by atoms with Gasteiger partial charge < -0.3 is 35.5 Å². The Balaban J connectivity index is 1.30. The first-order valence-corrected chi connectivity index (χ1v) is 9.14. The maximum atomic E-state index is 12.6. The number of rotatable bonds is 4. The molecule has 1 saturated heterocycles. The average molecular weight is 414 g/mol. The van der Waals surface area contributed by atoms with E-state index < -0.39 is 30.4 Å². The van der Waals surface area contributed by atoms with E-state index in [1.165, 1.54) is 17.2 Å². The van der Waals surface area contributed by atoms with E-state index in [1.807, 2.05) is 0 Å². The fourth-order valence-electron chi connectivity index (χ4n) is 3.50. The number of nitrogens with zero attached hydrogens (tertiary/aromatic N) is 4. The number of nitrogens with one attached hydrogen (secondary N) is 1. The number of imidazole rings is 1. The molecule has 0 bridgehead atoms. The summed E-state index contributed by atoms with van der Waals surface area (Å²) in [4.78, 5) is 24.7. The molecule has 30 heavy (non-hydrogen) atoms. The van der Waals surface area contributed by atoms with Crippen LogP contribution in [-0.4, -0.2) is 60.7 Å². The predicted octanol–water partition coefficient (Wildman–Crippen LogP) is -0.927. The van der Waals surface area contributed by atoms with Crippen LogP contribution >= 0.6 is 0 Å². The van der Waals surface area contributed by atoms with Gasteiger partial charge in [-0.2, -0.15) is 0 Å². The number of aromatic nitrogens is 4. The maximum absolute atomic E-state index is 12.6. The summed E-state index contributed by atoms with van der Waals surface area (Å²) >= 11 is 0. The summed E-state index contributed by atoms with van der Waals surface area (Å²) in [5, 5.41) is 23.5. The molecule has 5 N–H and O–H groups in total. The van der Waals surface area contributed by atoms with Crippen molar-refractivity contribution in [2.45, 2.75) is 31.1 Å². The molecule has 0 aliphatic carbocycles. The van der Waals surface area contributed by atoms with Gasteiger partial charge >= 0.3 is 0 Å². The van der Waals surface area contributed by atoms with Gasteiger partial charge in [-0.25, -0.2) is 15.0 Å². The Bertz CT molecular complexity index is 1120. The smallest absolute Gasteiger partial charge is 0.252 e. The van der Waals surface area contributed by atoms with Crippen LogP contribution in [0.25, 0.3) is 11.2 Å². The topological polar surface area (TPSA) is 167 Å². The summed E-state index contributed by atoms with van der Waals surface area (Å²) in [5.74, 6) is 0.843. The van der Waals surface area contributed by atoms with Crippen LogP contribution in [0.1, 0.15) is 11.8 Å². The molecule has 1 amide bonds. The number of amides is 1. The van der Waals surface area contributed by atoms with Crippen molar-refractivity contribution in [2.75, 3.05) is 12.5 Å². The molecule has 0 saturated carbocycles. The number of benzene rings is 1. The summed E-state index contributed by atoms with van der Waals surface area (Å²) in [6.07, 6.45) is -2.55. The summed E-state index contributed by atoms with van der Waals surface area (Å²) in [5.41, 5.74) is 7.21. The summed E-state index contributed by atoms with van der Waals surface area (Å²) in [7, 11) is 0. The lowest BCUT2D eigenvalue weighted by Crippen LogP contribution is -2.42. The van der Waals surface area contributed by atoms with Crippen LogP contribution < -0.4 is 20.5 Å². The molecular weight excluding hydrogens is 396 g/mol. The molecule has 12 nitrogen and oxygen atoms in total. The first-order valence-electron chi connectivity index (χ1n) is 9.14. The molecule has 156 valence electrons. The fourth-order valence-corrected chi connectivity index (χ4v) is 3.50. The van der Waals surface area contributed by atoms with Crippen LogP contribution in [0.2, 0.25) is 0 Å². The third kappa shape index (κ3) is 2.98. The van der Waals surface area contributed by atoms with Gasteiger partial charge in [-0.1, -0.05) is 6.07 Å². The molecule has 0 unspecified atom stereocenters. The van der Waals surface area contributed by atoms with E-state index in [1.54, 1.807) is 18.2 Å². The summed E-state index contributed by atoms with van der Waals surface area (Å²) < 4.78 is 17.6. The number of aliphatic hydroxyl groups is 2. The first-order chi connectivity index (χ1) is 14.5. The van der Waals surface area contributed by atoms with Crippen molar-refractivity contribution < 1.29 is 29.2 Å². The lowest BCUT2D eigenvalue weighted by molar-refractivity contribution is -0.137. The molecule has 4 atom stereocenters. The number of nitrogen functional groups attached to an aromatic ring is 1. The van der Waals surface area contributed by atoms with Crippen molar-refractivity contribution in [1.82, 2.24) is 24.8 Å². The zero-order valence-electron chi connectivity index (χ0n) is 15.5. The highest BCUT2D eigenvalue weighted by atomic mass is 16.7. The Morgan fingerprint density at radius 2 is 2.03 bits per heavy atom. The minimum absolute atomic E-state index is 0.159. The molecule has 5 rings (SSSR count). The number of hydrogen-bond acceptors (Lipinski definition) is 10. The quantitative estimate of drug-likeness (QED) is 0.419. The molecule has 3 aromatic rings. The second kappa shape index (κ2) is 7.09. The zero-order valence-corrected chi connectivity index (χ0v) is 15.5. The Labute approximate surface area is 169 Å². The van der Waals surface area contributed by atoms with Crippen LogP contribution in [0.3, 0.4) is 0 Å². The minimum Gasteiger partial charge on any atom is -0.454 e. The second-order valence-electron chi connectivity index (χ2n) is 6.92. The summed E-state index contributed by atoms with van der Waals surface area (Å²) in [6.45, 7) is 0.340. The maximum Gasteiger partial charge on any atom is 0.252 e. The molecule has 0 radical (unpaired) electrons. The van der Waals surface area contributed by atoms with Crippen molar-refractivity contribution in [3.05, 3.63) is 36.4 Å². The summed E-state index contributed by atoms with van der Waals surface area (Å²) in [6, 6.07) is 5.30. The molecule has 2 aliphatic heterocycles. The highest BCUT2D eigenvalue weighted by Gasteiger charge is 2.47. The number of hydrogen-bond donors (Lipinski definition) is 4. The van der Waals surface area contributed by atoms with Crippen LogP contribution in [0.5, 0.6) is 11.5 Å². The van der Waals surface area contributed by atoms with E-state index in [0.717, 1.165) is 5.56 Å². The van der Waals surface area contributed by atoms with Crippen molar-refractivity contribution in [3.8, 4) is 11.5 Å². The molecule has 2 aliphatic rings. The van der Waals surface area contributed by atoms with E-state index in [2.05, 4.69) is 20.3 Å².